The van der Waals surface area contributed by atoms with Crippen molar-refractivity contribution in [1.29, 1.82) is 0 Å². The Balaban J connectivity index is 1.44. The van der Waals surface area contributed by atoms with E-state index in [1.807, 2.05) is 9.80 Å². The van der Waals surface area contributed by atoms with Crippen molar-refractivity contribution >= 4 is 11.7 Å². The SMILES string of the molecule is CO[C@@H]1COCC[C@@H]1N(CCCCNC(C)C)[C@@H]1CC[C@@](C(=O)N2CCN(c3cc(C(F)(F)F)ccn3)CC2)(C(C)C)C1. The van der Waals surface area contributed by atoms with Gasteiger partial charge in [0.15, 0.2) is 0 Å². The maximum absolute atomic E-state index is 14.3. The lowest BCUT2D eigenvalue weighted by molar-refractivity contribution is -0.145. The molecule has 2 aliphatic heterocycles. The highest BCUT2D eigenvalue weighted by Gasteiger charge is 2.52. The van der Waals surface area contributed by atoms with Crippen LogP contribution in [0.25, 0.3) is 0 Å². The van der Waals surface area contributed by atoms with Crippen molar-refractivity contribution in [2.45, 2.75) is 96.6 Å². The summed E-state index contributed by atoms with van der Waals surface area (Å²) in [6, 6.07) is 3.13. The van der Waals surface area contributed by atoms with Gasteiger partial charge in [-0.15, -0.1) is 0 Å². The molecule has 4 atom stereocenters. The van der Waals surface area contributed by atoms with E-state index in [-0.39, 0.29) is 24.0 Å². The van der Waals surface area contributed by atoms with Gasteiger partial charge in [-0.05, 0) is 69.7 Å². The number of anilines is 1. The lowest BCUT2D eigenvalue weighted by atomic mass is 9.74. The van der Waals surface area contributed by atoms with E-state index in [1.54, 1.807) is 7.11 Å². The minimum atomic E-state index is -4.41. The lowest BCUT2D eigenvalue weighted by Crippen LogP contribution is -2.56. The molecule has 3 fully saturated rings. The number of pyridine rings is 1. The number of carbonyl (C=O) groups is 1. The summed E-state index contributed by atoms with van der Waals surface area (Å²) in [5, 5.41) is 3.52. The monoisotopic (exact) mass is 611 g/mol. The molecular weight excluding hydrogens is 559 g/mol. The van der Waals surface area contributed by atoms with E-state index in [9.17, 15) is 18.0 Å². The number of amides is 1. The quantitative estimate of drug-likeness (QED) is 0.340. The highest BCUT2D eigenvalue weighted by molar-refractivity contribution is 5.84. The Labute approximate surface area is 255 Å². The summed E-state index contributed by atoms with van der Waals surface area (Å²) in [5.41, 5.74) is -1.15. The zero-order valence-corrected chi connectivity index (χ0v) is 26.7. The number of methoxy groups -OCH3 is 1. The topological polar surface area (TPSA) is 70.2 Å². The number of ether oxygens (including phenoxy) is 2. The Bertz CT molecular complexity index is 1030. The molecule has 1 N–H and O–H groups in total. The van der Waals surface area contributed by atoms with Crippen LogP contribution in [0.15, 0.2) is 18.3 Å². The van der Waals surface area contributed by atoms with Crippen molar-refractivity contribution in [3.63, 3.8) is 0 Å². The summed E-state index contributed by atoms with van der Waals surface area (Å²) in [7, 11) is 1.77. The molecule has 1 aliphatic carbocycles. The average molecular weight is 612 g/mol. The minimum Gasteiger partial charge on any atom is -0.379 e. The normalized spacial score (nSPS) is 27.1. The second kappa shape index (κ2) is 14.9. The Morgan fingerprint density at radius 1 is 1.19 bits per heavy atom. The minimum absolute atomic E-state index is 0.0184. The third kappa shape index (κ3) is 8.21. The van der Waals surface area contributed by atoms with Gasteiger partial charge in [-0.25, -0.2) is 4.98 Å². The van der Waals surface area contributed by atoms with E-state index >= 15 is 0 Å². The van der Waals surface area contributed by atoms with Crippen LogP contribution in [-0.2, 0) is 20.4 Å². The van der Waals surface area contributed by atoms with Gasteiger partial charge in [-0.2, -0.15) is 13.2 Å². The van der Waals surface area contributed by atoms with Gasteiger partial charge in [0.25, 0.3) is 0 Å². The number of piperazine rings is 1. The van der Waals surface area contributed by atoms with Gasteiger partial charge in [0, 0.05) is 64.2 Å². The van der Waals surface area contributed by atoms with Crippen molar-refractivity contribution in [3.05, 3.63) is 23.9 Å². The highest BCUT2D eigenvalue weighted by atomic mass is 19.4. The Morgan fingerprint density at radius 3 is 2.58 bits per heavy atom. The molecule has 11 heteroatoms. The summed E-state index contributed by atoms with van der Waals surface area (Å²) in [6.07, 6.45) is 2.55. The van der Waals surface area contributed by atoms with Crippen LogP contribution >= 0.6 is 0 Å². The van der Waals surface area contributed by atoms with E-state index in [1.165, 1.54) is 6.20 Å². The fourth-order valence-corrected chi connectivity index (χ4v) is 7.25. The van der Waals surface area contributed by atoms with E-state index in [2.05, 4.69) is 42.9 Å². The van der Waals surface area contributed by atoms with Gasteiger partial charge in [0.2, 0.25) is 5.91 Å². The Morgan fingerprint density at radius 2 is 1.93 bits per heavy atom. The second-order valence-electron chi connectivity index (χ2n) is 13.1. The van der Waals surface area contributed by atoms with Crippen molar-refractivity contribution in [2.24, 2.45) is 11.3 Å². The Hall–Kier alpha value is -1.95. The average Bonchev–Trinajstić information content (AvgIpc) is 3.45. The first-order valence-corrected chi connectivity index (χ1v) is 16.1. The van der Waals surface area contributed by atoms with E-state index < -0.39 is 17.2 Å². The second-order valence-corrected chi connectivity index (χ2v) is 13.1. The van der Waals surface area contributed by atoms with Crippen LogP contribution in [0.3, 0.4) is 0 Å². The first-order valence-electron chi connectivity index (χ1n) is 16.1. The van der Waals surface area contributed by atoms with Gasteiger partial charge in [0.1, 0.15) is 5.82 Å². The van der Waals surface area contributed by atoms with Crippen LogP contribution in [0, 0.1) is 11.3 Å². The van der Waals surface area contributed by atoms with Gasteiger partial charge in [0.05, 0.1) is 23.7 Å². The lowest BCUT2D eigenvalue weighted by Gasteiger charge is -2.44. The molecule has 8 nitrogen and oxygen atoms in total. The number of halogens is 3. The number of carbonyl (C=O) groups excluding carboxylic acids is 1. The summed E-state index contributed by atoms with van der Waals surface area (Å²) < 4.78 is 51.4. The zero-order chi connectivity index (χ0) is 31.2. The number of nitrogens with zero attached hydrogens (tertiary/aromatic N) is 4. The predicted molar refractivity (Wildman–Crippen MR) is 162 cm³/mol. The molecule has 43 heavy (non-hydrogen) atoms. The largest absolute Gasteiger partial charge is 0.416 e. The summed E-state index contributed by atoms with van der Waals surface area (Å²) >= 11 is 0. The number of aromatic nitrogens is 1. The third-order valence-corrected chi connectivity index (χ3v) is 9.88. The molecule has 244 valence electrons. The summed E-state index contributed by atoms with van der Waals surface area (Å²) in [6.45, 7) is 13.8. The molecule has 0 aromatic carbocycles. The molecule has 4 rings (SSSR count). The molecule has 0 radical (unpaired) electrons. The van der Waals surface area contributed by atoms with Gasteiger partial charge >= 0.3 is 6.18 Å². The van der Waals surface area contributed by atoms with Gasteiger partial charge < -0.3 is 24.6 Å². The number of unbranched alkanes of at least 4 members (excludes halogenated alkanes) is 1. The van der Waals surface area contributed by atoms with Crippen molar-refractivity contribution < 1.29 is 27.4 Å². The van der Waals surface area contributed by atoms with Crippen LogP contribution in [0.4, 0.5) is 19.0 Å². The summed E-state index contributed by atoms with van der Waals surface area (Å²) in [5.74, 6) is 0.681. The first-order chi connectivity index (χ1) is 20.5. The van der Waals surface area contributed by atoms with Crippen LogP contribution in [0.1, 0.15) is 71.8 Å². The number of rotatable bonds is 12. The Kier molecular flexibility index (Phi) is 11.7. The van der Waals surface area contributed by atoms with Crippen LogP contribution in [-0.4, -0.2) is 105 Å². The van der Waals surface area contributed by atoms with E-state index in [0.29, 0.717) is 50.7 Å². The van der Waals surface area contributed by atoms with E-state index in [4.69, 9.17) is 9.47 Å². The van der Waals surface area contributed by atoms with Crippen LogP contribution < -0.4 is 10.2 Å². The maximum atomic E-state index is 14.3. The zero-order valence-electron chi connectivity index (χ0n) is 26.7. The number of nitrogens with one attached hydrogen (secondary N) is 1. The fourth-order valence-electron chi connectivity index (χ4n) is 7.25. The number of alkyl halides is 3. The standard InChI is InChI=1S/C32H52F3N5O3/c1-23(2)31(30(41)39-17-15-38(16-18-39)29-20-25(9-13-37-29)32(33,34)35)11-8-26(21-31)40(14-7-6-12-36-24(3)4)27-10-19-43-22-28(27)42-5/h9,13,20,23-24,26-28,36H,6-8,10-12,14-19,21-22H2,1-5H3/t26-,27+,28-,31+/m1/s1. The van der Waals surface area contributed by atoms with Gasteiger partial charge in [-0.1, -0.05) is 27.7 Å². The number of hydrogen-bond donors (Lipinski definition) is 1. The van der Waals surface area contributed by atoms with Crippen molar-refractivity contribution in [3.8, 4) is 0 Å². The predicted octanol–water partition coefficient (Wildman–Crippen LogP) is 4.83. The molecule has 2 saturated heterocycles. The van der Waals surface area contributed by atoms with Crippen LogP contribution in [0.2, 0.25) is 0 Å². The molecule has 0 bridgehead atoms. The molecule has 0 spiro atoms. The highest BCUT2D eigenvalue weighted by Crippen LogP contribution is 2.48. The smallest absolute Gasteiger partial charge is 0.379 e. The molecule has 1 aromatic rings. The molecule has 1 amide bonds. The molecule has 3 aliphatic rings. The molecule has 3 heterocycles. The fraction of sp³-hybridized carbons (Fsp3) is 0.812. The molecule has 1 aromatic heterocycles. The maximum Gasteiger partial charge on any atom is 0.416 e. The van der Waals surface area contributed by atoms with Crippen molar-refractivity contribution in [2.75, 3.05) is 64.5 Å². The van der Waals surface area contributed by atoms with Gasteiger partial charge in [-0.3, -0.25) is 9.69 Å². The van der Waals surface area contributed by atoms with E-state index in [0.717, 1.165) is 70.4 Å². The molecule has 1 saturated carbocycles. The van der Waals surface area contributed by atoms with Crippen molar-refractivity contribution in [1.82, 2.24) is 20.1 Å². The third-order valence-electron chi connectivity index (χ3n) is 9.88. The summed E-state index contributed by atoms with van der Waals surface area (Å²) in [4.78, 5) is 24.9. The van der Waals surface area contributed by atoms with Crippen LogP contribution in [0.5, 0.6) is 0 Å². The first kappa shape index (κ1) is 33.9. The molecular formula is C32H52F3N5O3. The number of hydrogen-bond acceptors (Lipinski definition) is 7. The molecule has 0 unspecified atom stereocenters.